The molecule has 3 rings (SSSR count). The molecule has 3 nitrogen and oxygen atoms in total. The molecular formula is C13H12O3. The van der Waals surface area contributed by atoms with Gasteiger partial charge in [-0.1, -0.05) is 30.3 Å². The Morgan fingerprint density at radius 2 is 2.06 bits per heavy atom. The lowest BCUT2D eigenvalue weighted by atomic mass is 9.92. The normalized spacial score (nSPS) is 31.5. The van der Waals surface area contributed by atoms with Crippen LogP contribution in [0.3, 0.4) is 0 Å². The fourth-order valence-electron chi connectivity index (χ4n) is 2.39. The quantitative estimate of drug-likeness (QED) is 0.533. The van der Waals surface area contributed by atoms with E-state index >= 15 is 0 Å². The van der Waals surface area contributed by atoms with Gasteiger partial charge >= 0.3 is 5.97 Å². The Labute approximate surface area is 93.7 Å². The molecule has 0 bridgehead atoms. The van der Waals surface area contributed by atoms with Crippen LogP contribution in [0.25, 0.3) is 0 Å². The van der Waals surface area contributed by atoms with E-state index in [1.807, 2.05) is 24.3 Å². The summed E-state index contributed by atoms with van der Waals surface area (Å²) >= 11 is 0. The van der Waals surface area contributed by atoms with E-state index in [-0.39, 0.29) is 24.3 Å². The highest BCUT2D eigenvalue weighted by atomic mass is 16.6. The molecule has 0 N–H and O–H groups in total. The predicted octanol–water partition coefficient (Wildman–Crippen LogP) is 2.30. The summed E-state index contributed by atoms with van der Waals surface area (Å²) < 4.78 is 11.1. The number of benzene rings is 1. The van der Waals surface area contributed by atoms with Gasteiger partial charge < -0.3 is 9.47 Å². The summed E-state index contributed by atoms with van der Waals surface area (Å²) in [7, 11) is 0. The van der Waals surface area contributed by atoms with Crippen LogP contribution < -0.4 is 0 Å². The number of rotatable bonds is 1. The number of carbonyl (C=O) groups is 1. The third-order valence-corrected chi connectivity index (χ3v) is 3.11. The molecule has 2 aliphatic rings. The maximum absolute atomic E-state index is 11.3. The smallest absolute Gasteiger partial charge is 0.309 e. The molecule has 1 fully saturated rings. The van der Waals surface area contributed by atoms with Crippen LogP contribution in [0.2, 0.25) is 0 Å². The number of ether oxygens (including phenoxy) is 2. The van der Waals surface area contributed by atoms with Crippen LogP contribution in [0.1, 0.15) is 29.8 Å². The van der Waals surface area contributed by atoms with E-state index in [1.54, 1.807) is 6.08 Å². The van der Waals surface area contributed by atoms with Crippen molar-refractivity contribution in [1.82, 2.24) is 0 Å². The summed E-state index contributed by atoms with van der Waals surface area (Å²) in [6.07, 6.45) is 1.57. The Kier molecular flexibility index (Phi) is 2.07. The minimum atomic E-state index is -0.236. The molecule has 1 aromatic carbocycles. The number of hydrogen-bond acceptors (Lipinski definition) is 3. The van der Waals surface area contributed by atoms with Gasteiger partial charge in [-0.15, -0.1) is 6.58 Å². The van der Waals surface area contributed by atoms with Crippen molar-refractivity contribution in [2.75, 3.05) is 0 Å². The lowest BCUT2D eigenvalue weighted by Crippen LogP contribution is -2.26. The number of fused-ring (bicyclic) bond motifs is 3. The van der Waals surface area contributed by atoms with Crippen molar-refractivity contribution in [2.24, 2.45) is 0 Å². The second-order valence-corrected chi connectivity index (χ2v) is 4.07. The molecule has 0 amide bonds. The zero-order chi connectivity index (χ0) is 11.1. The van der Waals surface area contributed by atoms with E-state index in [9.17, 15) is 4.79 Å². The van der Waals surface area contributed by atoms with Gasteiger partial charge in [0.15, 0.2) is 6.10 Å². The van der Waals surface area contributed by atoms with Crippen molar-refractivity contribution in [3.8, 4) is 0 Å². The molecule has 82 valence electrons. The van der Waals surface area contributed by atoms with Crippen molar-refractivity contribution >= 4 is 5.97 Å². The highest BCUT2D eigenvalue weighted by molar-refractivity contribution is 5.73. The number of carbonyl (C=O) groups excluding carboxylic acids is 1. The van der Waals surface area contributed by atoms with E-state index in [0.717, 1.165) is 11.1 Å². The molecular weight excluding hydrogens is 204 g/mol. The molecule has 0 aromatic heterocycles. The Morgan fingerprint density at radius 1 is 1.31 bits per heavy atom. The van der Waals surface area contributed by atoms with Gasteiger partial charge in [-0.05, 0) is 5.56 Å². The molecule has 3 atom stereocenters. The van der Waals surface area contributed by atoms with Crippen molar-refractivity contribution in [1.29, 1.82) is 0 Å². The minimum absolute atomic E-state index is 0.132. The highest BCUT2D eigenvalue weighted by Gasteiger charge is 2.43. The number of esters is 1. The highest BCUT2D eigenvalue weighted by Crippen LogP contribution is 2.43. The van der Waals surface area contributed by atoms with Gasteiger partial charge in [0, 0.05) is 5.56 Å². The molecule has 0 spiro atoms. The predicted molar refractivity (Wildman–Crippen MR) is 57.7 cm³/mol. The molecule has 0 aliphatic carbocycles. The fourth-order valence-corrected chi connectivity index (χ4v) is 2.39. The Morgan fingerprint density at radius 3 is 2.81 bits per heavy atom. The van der Waals surface area contributed by atoms with Crippen LogP contribution in [0.5, 0.6) is 0 Å². The Hall–Kier alpha value is -1.61. The molecule has 0 saturated carbocycles. The van der Waals surface area contributed by atoms with Crippen molar-refractivity contribution < 1.29 is 14.3 Å². The van der Waals surface area contributed by atoms with Gasteiger partial charge in [0.2, 0.25) is 0 Å². The van der Waals surface area contributed by atoms with Crippen LogP contribution >= 0.6 is 0 Å². The van der Waals surface area contributed by atoms with E-state index in [4.69, 9.17) is 9.47 Å². The van der Waals surface area contributed by atoms with Gasteiger partial charge in [-0.2, -0.15) is 0 Å². The summed E-state index contributed by atoms with van der Waals surface area (Å²) in [6.45, 7) is 3.77. The standard InChI is InChI=1S/C13H12O3/c1-2-10-8-5-3-4-6-9(8)13-11(15-10)7-12(14)16-13/h2-6,10-11,13H,1,7H2/t10-,11-,13+/m1/s1. The topological polar surface area (TPSA) is 35.5 Å². The summed E-state index contributed by atoms with van der Waals surface area (Å²) in [5, 5.41) is 0. The van der Waals surface area contributed by atoms with E-state index in [1.165, 1.54) is 0 Å². The zero-order valence-corrected chi connectivity index (χ0v) is 8.76. The maximum Gasteiger partial charge on any atom is 0.309 e. The van der Waals surface area contributed by atoms with Gasteiger partial charge in [0.05, 0.1) is 6.42 Å². The Balaban J connectivity index is 2.09. The summed E-state index contributed by atoms with van der Waals surface area (Å²) in [4.78, 5) is 11.3. The average molecular weight is 216 g/mol. The summed E-state index contributed by atoms with van der Waals surface area (Å²) in [6, 6.07) is 7.89. The first kappa shape index (κ1) is 9.60. The first-order valence-corrected chi connectivity index (χ1v) is 5.36. The molecule has 3 heteroatoms. The molecule has 16 heavy (non-hydrogen) atoms. The molecule has 2 heterocycles. The van der Waals surface area contributed by atoms with Gasteiger partial charge in [-0.3, -0.25) is 4.79 Å². The van der Waals surface area contributed by atoms with Gasteiger partial charge in [0.25, 0.3) is 0 Å². The second-order valence-electron chi connectivity index (χ2n) is 4.07. The number of hydrogen-bond donors (Lipinski definition) is 0. The monoisotopic (exact) mass is 216 g/mol. The zero-order valence-electron chi connectivity index (χ0n) is 8.76. The molecule has 1 aromatic rings. The van der Waals surface area contributed by atoms with E-state index in [0.29, 0.717) is 6.42 Å². The van der Waals surface area contributed by atoms with Crippen LogP contribution in [0.15, 0.2) is 36.9 Å². The summed E-state index contributed by atoms with van der Waals surface area (Å²) in [5.74, 6) is -0.186. The van der Waals surface area contributed by atoms with E-state index in [2.05, 4.69) is 6.58 Å². The third-order valence-electron chi connectivity index (χ3n) is 3.11. The van der Waals surface area contributed by atoms with Crippen LogP contribution in [-0.2, 0) is 14.3 Å². The Bertz CT molecular complexity index is 452. The van der Waals surface area contributed by atoms with Crippen molar-refractivity contribution in [3.05, 3.63) is 48.0 Å². The SMILES string of the molecule is C=C[C@H]1O[C@@H]2CC(=O)O[C@H]2c2ccccc21. The van der Waals surface area contributed by atoms with Crippen LogP contribution in [-0.4, -0.2) is 12.1 Å². The van der Waals surface area contributed by atoms with Crippen LogP contribution in [0.4, 0.5) is 0 Å². The lowest BCUT2D eigenvalue weighted by molar-refractivity contribution is -0.143. The van der Waals surface area contributed by atoms with E-state index < -0.39 is 0 Å². The van der Waals surface area contributed by atoms with Gasteiger partial charge in [0.1, 0.15) is 12.2 Å². The molecule has 0 radical (unpaired) electrons. The minimum Gasteiger partial charge on any atom is -0.455 e. The van der Waals surface area contributed by atoms with Crippen LogP contribution in [0, 0.1) is 0 Å². The fraction of sp³-hybridized carbons (Fsp3) is 0.308. The van der Waals surface area contributed by atoms with Crippen molar-refractivity contribution in [2.45, 2.75) is 24.7 Å². The molecule has 0 unspecified atom stereocenters. The molecule has 2 aliphatic heterocycles. The molecule has 1 saturated heterocycles. The largest absolute Gasteiger partial charge is 0.455 e. The van der Waals surface area contributed by atoms with Crippen molar-refractivity contribution in [3.63, 3.8) is 0 Å². The maximum atomic E-state index is 11.3. The second kappa shape index (κ2) is 3.46. The first-order chi connectivity index (χ1) is 7.79. The average Bonchev–Trinajstić information content (AvgIpc) is 2.68. The third kappa shape index (κ3) is 1.28. The summed E-state index contributed by atoms with van der Waals surface area (Å²) in [5.41, 5.74) is 2.10. The first-order valence-electron chi connectivity index (χ1n) is 5.36. The van der Waals surface area contributed by atoms with Gasteiger partial charge in [-0.25, -0.2) is 0 Å². The lowest BCUT2D eigenvalue weighted by Gasteiger charge is -2.31.